The molecule has 6 heteroatoms. The molecule has 0 saturated carbocycles. The lowest BCUT2D eigenvalue weighted by Gasteiger charge is -2.53. The Balaban J connectivity index is 1.31. The van der Waals surface area contributed by atoms with Crippen LogP contribution in [0, 0.1) is 19.8 Å². The van der Waals surface area contributed by atoms with Gasteiger partial charge in [-0.3, -0.25) is 19.4 Å². The summed E-state index contributed by atoms with van der Waals surface area (Å²) in [4.78, 5) is 21.4. The van der Waals surface area contributed by atoms with Gasteiger partial charge in [-0.15, -0.1) is 0 Å². The van der Waals surface area contributed by atoms with E-state index >= 15 is 0 Å². The summed E-state index contributed by atoms with van der Waals surface area (Å²) in [6, 6.07) is 6.67. The summed E-state index contributed by atoms with van der Waals surface area (Å²) < 4.78 is 1.94. The Morgan fingerprint density at radius 2 is 2.19 bits per heavy atom. The molecule has 138 valence electrons. The number of piperidine rings is 1. The molecule has 0 unspecified atom stereocenters. The first-order valence-electron chi connectivity index (χ1n) is 9.52. The highest BCUT2D eigenvalue weighted by atomic mass is 16.2. The minimum Gasteiger partial charge on any atom is -0.341 e. The quantitative estimate of drug-likeness (QED) is 0.825. The Labute approximate surface area is 154 Å². The van der Waals surface area contributed by atoms with Crippen LogP contribution in [-0.2, 0) is 17.9 Å². The van der Waals surface area contributed by atoms with Gasteiger partial charge in [0.05, 0.1) is 5.69 Å². The number of aromatic nitrogens is 3. The highest BCUT2D eigenvalue weighted by Gasteiger charge is 2.43. The average molecular weight is 353 g/mol. The minimum absolute atomic E-state index is 0.254. The zero-order chi connectivity index (χ0) is 18.1. The predicted molar refractivity (Wildman–Crippen MR) is 99.4 cm³/mol. The first-order valence-corrected chi connectivity index (χ1v) is 9.52. The predicted octanol–water partition coefficient (Wildman–Crippen LogP) is 2.02. The third-order valence-electron chi connectivity index (χ3n) is 5.76. The second-order valence-electron chi connectivity index (χ2n) is 7.65. The van der Waals surface area contributed by atoms with Crippen LogP contribution < -0.4 is 0 Å². The van der Waals surface area contributed by atoms with Crippen molar-refractivity contribution < 1.29 is 4.79 Å². The van der Waals surface area contributed by atoms with Crippen LogP contribution in [0.5, 0.6) is 0 Å². The molecular formula is C20H27N5O. The molecule has 0 aliphatic carbocycles. The van der Waals surface area contributed by atoms with Crippen LogP contribution in [0.1, 0.15) is 29.8 Å². The Kier molecular flexibility index (Phi) is 4.76. The van der Waals surface area contributed by atoms with Gasteiger partial charge in [0.1, 0.15) is 0 Å². The number of aryl methyl sites for hydroxylation is 3. The Morgan fingerprint density at radius 1 is 1.31 bits per heavy atom. The molecule has 0 aromatic carbocycles. The summed E-state index contributed by atoms with van der Waals surface area (Å²) in [5, 5.41) is 4.46. The summed E-state index contributed by atoms with van der Waals surface area (Å²) >= 11 is 0. The summed E-state index contributed by atoms with van der Waals surface area (Å²) in [6.07, 6.45) is 5.40. The molecule has 4 heterocycles. The molecule has 0 radical (unpaired) electrons. The molecule has 2 aliphatic heterocycles. The highest BCUT2D eigenvalue weighted by molar-refractivity contribution is 5.76. The van der Waals surface area contributed by atoms with Gasteiger partial charge < -0.3 is 4.90 Å². The van der Waals surface area contributed by atoms with Gasteiger partial charge >= 0.3 is 0 Å². The Bertz CT molecular complexity index is 772. The standard InChI is InChI=1S/C20H27N5O/c1-15-10-16(2)25(22-15)9-6-20(26)23-8-5-18-13-24(19(18)14-23)12-17-4-3-7-21-11-17/h3-4,7,10-11,18-19H,5-6,8-9,12-14H2,1-2H3/t18-,19-/m1/s1. The van der Waals surface area contributed by atoms with Crippen molar-refractivity contribution in [1.82, 2.24) is 24.6 Å². The van der Waals surface area contributed by atoms with Gasteiger partial charge in [-0.25, -0.2) is 0 Å². The topological polar surface area (TPSA) is 54.3 Å². The Hall–Kier alpha value is -2.21. The SMILES string of the molecule is Cc1cc(C)n(CCC(=O)N2CC[C@@H]3CN(Cc4cccnc4)[C@@H]3C2)n1. The number of nitrogens with zero attached hydrogens (tertiary/aromatic N) is 5. The van der Waals surface area contributed by atoms with E-state index in [1.54, 1.807) is 0 Å². The van der Waals surface area contributed by atoms with E-state index in [9.17, 15) is 4.79 Å². The van der Waals surface area contributed by atoms with E-state index in [2.05, 4.69) is 32.0 Å². The van der Waals surface area contributed by atoms with E-state index in [1.165, 1.54) is 5.56 Å². The maximum absolute atomic E-state index is 12.7. The first-order chi connectivity index (χ1) is 12.6. The fourth-order valence-electron chi connectivity index (χ4n) is 4.30. The lowest BCUT2D eigenvalue weighted by atomic mass is 9.82. The zero-order valence-corrected chi connectivity index (χ0v) is 15.6. The lowest BCUT2D eigenvalue weighted by Crippen LogP contribution is -2.64. The van der Waals surface area contributed by atoms with Crippen molar-refractivity contribution in [2.45, 2.75) is 45.8 Å². The molecule has 4 rings (SSSR count). The molecule has 2 fully saturated rings. The van der Waals surface area contributed by atoms with E-state index in [4.69, 9.17) is 0 Å². The number of carbonyl (C=O) groups excluding carboxylic acids is 1. The second-order valence-corrected chi connectivity index (χ2v) is 7.65. The van der Waals surface area contributed by atoms with Gasteiger partial charge in [-0.2, -0.15) is 5.10 Å². The summed E-state index contributed by atoms with van der Waals surface area (Å²) in [5.41, 5.74) is 3.38. The number of carbonyl (C=O) groups is 1. The second kappa shape index (κ2) is 7.19. The van der Waals surface area contributed by atoms with Crippen molar-refractivity contribution in [2.24, 2.45) is 5.92 Å². The number of rotatable bonds is 5. The van der Waals surface area contributed by atoms with Crippen LogP contribution in [0.3, 0.4) is 0 Å². The van der Waals surface area contributed by atoms with Gasteiger partial charge in [0, 0.05) is 63.3 Å². The number of hydrogen-bond acceptors (Lipinski definition) is 4. The van der Waals surface area contributed by atoms with E-state index in [0.29, 0.717) is 19.0 Å². The molecule has 2 aliphatic rings. The molecule has 1 amide bonds. The maximum Gasteiger partial charge on any atom is 0.224 e. The van der Waals surface area contributed by atoms with E-state index in [0.717, 1.165) is 49.9 Å². The van der Waals surface area contributed by atoms with Crippen molar-refractivity contribution in [3.8, 4) is 0 Å². The average Bonchev–Trinajstić information content (AvgIpc) is 2.96. The third-order valence-corrected chi connectivity index (χ3v) is 5.76. The molecule has 0 spiro atoms. The molecule has 2 saturated heterocycles. The number of amides is 1. The number of likely N-dealkylation sites (tertiary alicyclic amines) is 2. The number of fused-ring (bicyclic) bond motifs is 1. The van der Waals surface area contributed by atoms with Crippen molar-refractivity contribution in [2.75, 3.05) is 19.6 Å². The summed E-state index contributed by atoms with van der Waals surface area (Å²) in [5.74, 6) is 0.996. The van der Waals surface area contributed by atoms with Crippen LogP contribution in [0.2, 0.25) is 0 Å². The molecular weight excluding hydrogens is 326 g/mol. The largest absolute Gasteiger partial charge is 0.341 e. The molecule has 6 nitrogen and oxygen atoms in total. The van der Waals surface area contributed by atoms with Gasteiger partial charge in [0.15, 0.2) is 0 Å². The molecule has 26 heavy (non-hydrogen) atoms. The van der Waals surface area contributed by atoms with Crippen molar-refractivity contribution in [3.63, 3.8) is 0 Å². The van der Waals surface area contributed by atoms with E-state index in [1.807, 2.05) is 37.0 Å². The van der Waals surface area contributed by atoms with Gasteiger partial charge in [0.2, 0.25) is 5.91 Å². The van der Waals surface area contributed by atoms with Crippen molar-refractivity contribution >= 4 is 5.91 Å². The van der Waals surface area contributed by atoms with Gasteiger partial charge in [-0.05, 0) is 43.9 Å². The van der Waals surface area contributed by atoms with Gasteiger partial charge in [0.25, 0.3) is 0 Å². The maximum atomic E-state index is 12.7. The van der Waals surface area contributed by atoms with Crippen LogP contribution in [0.4, 0.5) is 0 Å². The van der Waals surface area contributed by atoms with Crippen molar-refractivity contribution in [3.05, 3.63) is 47.5 Å². The fourth-order valence-corrected chi connectivity index (χ4v) is 4.30. The zero-order valence-electron chi connectivity index (χ0n) is 15.6. The number of pyridine rings is 1. The van der Waals surface area contributed by atoms with E-state index < -0.39 is 0 Å². The monoisotopic (exact) mass is 353 g/mol. The van der Waals surface area contributed by atoms with Gasteiger partial charge in [-0.1, -0.05) is 6.07 Å². The fraction of sp³-hybridized carbons (Fsp3) is 0.550. The van der Waals surface area contributed by atoms with E-state index in [-0.39, 0.29) is 5.91 Å². The number of hydrogen-bond donors (Lipinski definition) is 0. The first kappa shape index (κ1) is 17.2. The van der Waals surface area contributed by atoms with Crippen LogP contribution >= 0.6 is 0 Å². The smallest absolute Gasteiger partial charge is 0.224 e. The third kappa shape index (κ3) is 3.51. The van der Waals surface area contributed by atoms with Crippen LogP contribution in [0.15, 0.2) is 30.6 Å². The Morgan fingerprint density at radius 3 is 2.92 bits per heavy atom. The molecule has 2 aromatic rings. The highest BCUT2D eigenvalue weighted by Crippen LogP contribution is 2.33. The molecule has 0 N–H and O–H groups in total. The normalized spacial score (nSPS) is 22.8. The van der Waals surface area contributed by atoms with Crippen molar-refractivity contribution in [1.29, 1.82) is 0 Å². The lowest BCUT2D eigenvalue weighted by molar-refractivity contribution is -0.138. The molecule has 2 aromatic heterocycles. The minimum atomic E-state index is 0.254. The summed E-state index contributed by atoms with van der Waals surface area (Å²) in [7, 11) is 0. The molecule has 0 bridgehead atoms. The van der Waals surface area contributed by atoms with Crippen LogP contribution in [-0.4, -0.2) is 56.1 Å². The molecule has 2 atom stereocenters. The van der Waals surface area contributed by atoms with Crippen LogP contribution in [0.25, 0.3) is 0 Å². The summed E-state index contributed by atoms with van der Waals surface area (Å²) in [6.45, 7) is 8.54.